The van der Waals surface area contributed by atoms with Crippen molar-refractivity contribution in [2.24, 2.45) is 0 Å². The Labute approximate surface area is 186 Å². The average molecular weight is 422 g/mol. The smallest absolute Gasteiger partial charge is 0.222 e. The summed E-state index contributed by atoms with van der Waals surface area (Å²) in [6, 6.07) is 7.73. The number of hydrogen-bond acceptors (Lipinski definition) is 3. The highest BCUT2D eigenvalue weighted by molar-refractivity contribution is 5.76. The zero-order valence-corrected chi connectivity index (χ0v) is 18.8. The normalized spacial score (nSPS) is 14.5. The van der Waals surface area contributed by atoms with Crippen LogP contribution >= 0.6 is 0 Å². The first-order chi connectivity index (χ1) is 15.2. The number of aromatic nitrogens is 2. The molecular weight excluding hydrogens is 386 g/mol. The molecule has 0 radical (unpaired) electrons. The molecule has 1 aliphatic heterocycles. The molecule has 1 aromatic heterocycles. The second-order valence-corrected chi connectivity index (χ2v) is 8.47. The van der Waals surface area contributed by atoms with Crippen LogP contribution < -0.4 is 0 Å². The number of nitrogens with zero attached hydrogens (tertiary/aromatic N) is 5. The van der Waals surface area contributed by atoms with Gasteiger partial charge in [-0.15, -0.1) is 0 Å². The van der Waals surface area contributed by atoms with Gasteiger partial charge in [-0.3, -0.25) is 9.69 Å². The molecule has 1 aliphatic rings. The van der Waals surface area contributed by atoms with Crippen molar-refractivity contribution in [2.45, 2.75) is 65.0 Å². The van der Waals surface area contributed by atoms with Crippen molar-refractivity contribution in [2.75, 3.05) is 26.2 Å². The van der Waals surface area contributed by atoms with E-state index in [1.165, 1.54) is 37.8 Å². The lowest BCUT2D eigenvalue weighted by Gasteiger charge is -2.34. The van der Waals surface area contributed by atoms with Gasteiger partial charge in [0.1, 0.15) is 0 Å². The van der Waals surface area contributed by atoms with Gasteiger partial charge in [-0.2, -0.15) is 0 Å². The summed E-state index contributed by atoms with van der Waals surface area (Å²) >= 11 is 0. The monoisotopic (exact) mass is 421 g/mol. The van der Waals surface area contributed by atoms with Gasteiger partial charge >= 0.3 is 0 Å². The van der Waals surface area contributed by atoms with E-state index in [0.29, 0.717) is 18.0 Å². The Bertz CT molecular complexity index is 844. The van der Waals surface area contributed by atoms with Crippen LogP contribution in [0.2, 0.25) is 0 Å². The highest BCUT2D eigenvalue weighted by Crippen LogP contribution is 2.16. The van der Waals surface area contributed by atoms with Crippen molar-refractivity contribution >= 4 is 11.6 Å². The highest BCUT2D eigenvalue weighted by atomic mass is 16.2. The number of benzene rings is 1. The Balaban J connectivity index is 1.40. The molecule has 31 heavy (non-hydrogen) atoms. The topological polar surface area (TPSA) is 45.7 Å². The van der Waals surface area contributed by atoms with E-state index >= 15 is 0 Å². The van der Waals surface area contributed by atoms with E-state index in [0.717, 1.165) is 51.3 Å². The first kappa shape index (κ1) is 23.0. The first-order valence-corrected chi connectivity index (χ1v) is 11.6. The Morgan fingerprint density at radius 3 is 2.42 bits per heavy atom. The van der Waals surface area contributed by atoms with Crippen molar-refractivity contribution in [3.8, 4) is 0 Å². The van der Waals surface area contributed by atoms with Crippen LogP contribution in [0.3, 0.4) is 0 Å². The van der Waals surface area contributed by atoms with Crippen molar-refractivity contribution in [3.63, 3.8) is 0 Å². The quantitative estimate of drug-likeness (QED) is 0.384. The number of imidazole rings is 1. The largest absolute Gasteiger partial charge is 0.340 e. The van der Waals surface area contributed by atoms with E-state index in [-0.39, 0.29) is 0 Å². The summed E-state index contributed by atoms with van der Waals surface area (Å²) in [5.41, 5.74) is 3.01. The van der Waals surface area contributed by atoms with E-state index in [2.05, 4.69) is 26.2 Å². The Hall–Kier alpha value is -2.65. The molecule has 2 aromatic rings. The molecule has 3 rings (SSSR count). The molecule has 166 valence electrons. The summed E-state index contributed by atoms with van der Waals surface area (Å²) in [4.78, 5) is 24.7. The van der Waals surface area contributed by atoms with E-state index < -0.39 is 0 Å². The number of carbonyl (C=O) groups excluding carboxylic acids is 1. The minimum Gasteiger partial charge on any atom is -0.340 e. The number of rotatable bonds is 11. The zero-order valence-electron chi connectivity index (χ0n) is 18.8. The SMILES string of the molecule is [C-]#[N+]c1ccc(Cn2cncc2CN2CCN(C(=O)CCCCCCCC)CC2)cc1. The molecule has 1 fully saturated rings. The minimum absolute atomic E-state index is 0.322. The molecule has 0 bridgehead atoms. The Morgan fingerprint density at radius 1 is 1.00 bits per heavy atom. The van der Waals surface area contributed by atoms with Gasteiger partial charge in [-0.05, 0) is 12.0 Å². The summed E-state index contributed by atoms with van der Waals surface area (Å²) in [6.45, 7) is 14.4. The lowest BCUT2D eigenvalue weighted by molar-refractivity contribution is -0.133. The van der Waals surface area contributed by atoms with Crippen LogP contribution in [0.5, 0.6) is 0 Å². The number of hydrogen-bond donors (Lipinski definition) is 0. The van der Waals surface area contributed by atoms with Crippen molar-refractivity contribution < 1.29 is 4.79 Å². The standard InChI is InChI=1S/C25H35N5O/c1-3-4-5-6-7-8-9-25(31)29-16-14-28(15-17-29)20-24-18-27-21-30(24)19-22-10-12-23(26-2)13-11-22/h10-13,18,21H,3-9,14-17,19-20H2,1H3. The van der Waals surface area contributed by atoms with E-state index in [9.17, 15) is 4.79 Å². The molecule has 1 aromatic carbocycles. The van der Waals surface area contributed by atoms with Gasteiger partial charge in [-0.1, -0.05) is 63.3 Å². The summed E-state index contributed by atoms with van der Waals surface area (Å²) in [5.74, 6) is 0.322. The minimum atomic E-state index is 0.322. The van der Waals surface area contributed by atoms with Crippen molar-refractivity contribution in [1.29, 1.82) is 0 Å². The van der Waals surface area contributed by atoms with Crippen LogP contribution in [0.15, 0.2) is 36.8 Å². The van der Waals surface area contributed by atoms with Crippen LogP contribution in [0, 0.1) is 6.57 Å². The number of amides is 1. The number of unbranched alkanes of at least 4 members (excludes halogenated alkanes) is 5. The summed E-state index contributed by atoms with van der Waals surface area (Å²) in [6.07, 6.45) is 11.8. The highest BCUT2D eigenvalue weighted by Gasteiger charge is 2.21. The molecule has 0 unspecified atom stereocenters. The van der Waals surface area contributed by atoms with Crippen LogP contribution in [0.4, 0.5) is 5.69 Å². The lowest BCUT2D eigenvalue weighted by Crippen LogP contribution is -2.48. The van der Waals surface area contributed by atoms with Gasteiger partial charge in [0.15, 0.2) is 5.69 Å². The van der Waals surface area contributed by atoms with Gasteiger partial charge in [0, 0.05) is 51.9 Å². The summed E-state index contributed by atoms with van der Waals surface area (Å²) < 4.78 is 2.17. The van der Waals surface area contributed by atoms with Gasteiger partial charge in [0.25, 0.3) is 0 Å². The third kappa shape index (κ3) is 7.22. The molecule has 0 N–H and O–H groups in total. The van der Waals surface area contributed by atoms with Crippen LogP contribution in [-0.4, -0.2) is 51.4 Å². The fourth-order valence-corrected chi connectivity index (χ4v) is 4.09. The van der Waals surface area contributed by atoms with Crippen molar-refractivity contribution in [1.82, 2.24) is 19.4 Å². The predicted molar refractivity (Wildman–Crippen MR) is 124 cm³/mol. The van der Waals surface area contributed by atoms with Crippen LogP contribution in [-0.2, 0) is 17.9 Å². The lowest BCUT2D eigenvalue weighted by atomic mass is 10.1. The van der Waals surface area contributed by atoms with E-state index in [4.69, 9.17) is 6.57 Å². The maximum atomic E-state index is 12.5. The maximum absolute atomic E-state index is 12.5. The Kier molecular flexibility index (Phi) is 9.11. The fourth-order valence-electron chi connectivity index (χ4n) is 4.09. The van der Waals surface area contributed by atoms with Crippen molar-refractivity contribution in [3.05, 3.63) is 59.5 Å². The molecule has 1 amide bonds. The Morgan fingerprint density at radius 2 is 1.71 bits per heavy atom. The molecule has 0 spiro atoms. The second-order valence-electron chi connectivity index (χ2n) is 8.47. The predicted octanol–water partition coefficient (Wildman–Crippen LogP) is 4.88. The first-order valence-electron chi connectivity index (χ1n) is 11.6. The van der Waals surface area contributed by atoms with E-state index in [1.807, 2.05) is 41.7 Å². The molecule has 0 aliphatic carbocycles. The van der Waals surface area contributed by atoms with E-state index in [1.54, 1.807) is 0 Å². The summed E-state index contributed by atoms with van der Waals surface area (Å²) in [7, 11) is 0. The molecule has 0 atom stereocenters. The fraction of sp³-hybridized carbons (Fsp3) is 0.560. The average Bonchev–Trinajstić information content (AvgIpc) is 3.23. The zero-order chi connectivity index (χ0) is 21.9. The number of carbonyl (C=O) groups is 1. The molecule has 6 heteroatoms. The molecule has 6 nitrogen and oxygen atoms in total. The van der Waals surface area contributed by atoms with Crippen LogP contribution in [0.1, 0.15) is 63.1 Å². The molecule has 2 heterocycles. The third-order valence-electron chi connectivity index (χ3n) is 6.07. The molecule has 1 saturated heterocycles. The third-order valence-corrected chi connectivity index (χ3v) is 6.07. The second kappa shape index (κ2) is 12.3. The maximum Gasteiger partial charge on any atom is 0.222 e. The number of piperazine rings is 1. The van der Waals surface area contributed by atoms with Gasteiger partial charge in [-0.25, -0.2) is 9.83 Å². The van der Waals surface area contributed by atoms with Gasteiger partial charge in [0.05, 0.1) is 18.6 Å². The summed E-state index contributed by atoms with van der Waals surface area (Å²) in [5, 5.41) is 0. The van der Waals surface area contributed by atoms with Crippen LogP contribution in [0.25, 0.3) is 4.85 Å². The van der Waals surface area contributed by atoms with Gasteiger partial charge < -0.3 is 9.47 Å². The molecular formula is C25H35N5O. The molecule has 0 saturated carbocycles. The van der Waals surface area contributed by atoms with Gasteiger partial charge in [0.2, 0.25) is 5.91 Å².